The quantitative estimate of drug-likeness (QED) is 0.346. The lowest BCUT2D eigenvalue weighted by Gasteiger charge is -2.22. The summed E-state index contributed by atoms with van der Waals surface area (Å²) in [5.41, 5.74) is 2.73. The largest absolute Gasteiger partial charge is 0.508 e. The molecule has 1 atom stereocenters. The van der Waals surface area contributed by atoms with Crippen LogP contribution in [-0.2, 0) is 22.6 Å². The van der Waals surface area contributed by atoms with Gasteiger partial charge in [0.15, 0.2) is 0 Å². The topological polar surface area (TPSA) is 99.1 Å². The molecule has 0 heterocycles. The van der Waals surface area contributed by atoms with E-state index in [0.717, 1.165) is 36.8 Å². The van der Waals surface area contributed by atoms with Crippen molar-refractivity contribution in [3.05, 3.63) is 58.7 Å². The van der Waals surface area contributed by atoms with Crippen molar-refractivity contribution in [2.24, 2.45) is 5.92 Å². The number of nitrogens with zero attached hydrogens (tertiary/aromatic N) is 1. The molecule has 1 aliphatic rings. The minimum Gasteiger partial charge on any atom is -0.508 e. The average Bonchev–Trinajstić information content (AvgIpc) is 3.34. The third-order valence-electron chi connectivity index (χ3n) is 6.88. The second-order valence-corrected chi connectivity index (χ2v) is 11.0. The van der Waals surface area contributed by atoms with E-state index in [2.05, 4.69) is 19.2 Å². The van der Waals surface area contributed by atoms with Gasteiger partial charge in [-0.25, -0.2) is 0 Å². The van der Waals surface area contributed by atoms with Crippen LogP contribution in [0.5, 0.6) is 11.5 Å². The van der Waals surface area contributed by atoms with Gasteiger partial charge in [-0.15, -0.1) is 0 Å². The lowest BCUT2D eigenvalue weighted by Crippen LogP contribution is -2.40. The number of esters is 1. The van der Waals surface area contributed by atoms with Crippen molar-refractivity contribution in [3.8, 4) is 11.5 Å². The summed E-state index contributed by atoms with van der Waals surface area (Å²) in [7, 11) is 1.69. The number of hydrogen-bond donors (Lipinski definition) is 3. The van der Waals surface area contributed by atoms with E-state index in [9.17, 15) is 19.8 Å². The van der Waals surface area contributed by atoms with Crippen molar-refractivity contribution >= 4 is 11.9 Å². The molecule has 202 valence electrons. The summed E-state index contributed by atoms with van der Waals surface area (Å²) in [6, 6.07) is 10.3. The Morgan fingerprint density at radius 2 is 1.70 bits per heavy atom. The highest BCUT2D eigenvalue weighted by molar-refractivity contribution is 5.97. The first-order valence-corrected chi connectivity index (χ1v) is 13.4. The number of nitrogens with one attached hydrogen (secondary N) is 1. The Bertz CT molecular complexity index is 1080. The minimum atomic E-state index is -0.360. The van der Waals surface area contributed by atoms with Crippen LogP contribution < -0.4 is 5.32 Å². The molecule has 1 fully saturated rings. The van der Waals surface area contributed by atoms with Gasteiger partial charge in [0.2, 0.25) is 0 Å². The van der Waals surface area contributed by atoms with Crippen molar-refractivity contribution in [3.63, 3.8) is 0 Å². The van der Waals surface area contributed by atoms with Gasteiger partial charge < -0.3 is 25.2 Å². The fraction of sp³-hybridized carbons (Fsp3) is 0.533. The van der Waals surface area contributed by atoms with E-state index in [1.807, 2.05) is 38.1 Å². The van der Waals surface area contributed by atoms with Crippen molar-refractivity contribution in [1.29, 1.82) is 0 Å². The van der Waals surface area contributed by atoms with Gasteiger partial charge in [0.05, 0.1) is 5.56 Å². The van der Waals surface area contributed by atoms with Crippen molar-refractivity contribution < 1.29 is 24.5 Å². The number of carbonyl (C=O) groups is 2. The number of aromatic hydroxyl groups is 2. The molecule has 3 rings (SSSR count). The predicted octanol–water partition coefficient (Wildman–Crippen LogP) is 5.48. The van der Waals surface area contributed by atoms with Gasteiger partial charge >= 0.3 is 5.97 Å². The van der Waals surface area contributed by atoms with E-state index >= 15 is 0 Å². The number of rotatable bonds is 11. The molecule has 1 aliphatic carbocycles. The second kappa shape index (κ2) is 13.0. The number of benzene rings is 2. The number of carbonyl (C=O) groups excluding carboxylic acids is 2. The Labute approximate surface area is 220 Å². The van der Waals surface area contributed by atoms with Crippen LogP contribution in [0.15, 0.2) is 36.4 Å². The zero-order valence-electron chi connectivity index (χ0n) is 22.8. The molecule has 7 heteroatoms. The molecule has 2 aromatic carbocycles. The van der Waals surface area contributed by atoms with Crippen LogP contribution in [0.3, 0.4) is 0 Å². The third kappa shape index (κ3) is 7.96. The van der Waals surface area contributed by atoms with Gasteiger partial charge in [0.25, 0.3) is 5.91 Å². The molecular weight excluding hydrogens is 468 g/mol. The lowest BCUT2D eigenvalue weighted by atomic mass is 9.98. The molecule has 37 heavy (non-hydrogen) atoms. The van der Waals surface area contributed by atoms with Crippen LogP contribution in [0.2, 0.25) is 0 Å². The summed E-state index contributed by atoms with van der Waals surface area (Å²) >= 11 is 0. The number of amides is 1. The summed E-state index contributed by atoms with van der Waals surface area (Å²) < 4.78 is 5.77. The summed E-state index contributed by atoms with van der Waals surface area (Å²) in [4.78, 5) is 27.5. The van der Waals surface area contributed by atoms with E-state index in [0.29, 0.717) is 31.0 Å². The van der Waals surface area contributed by atoms with Crippen molar-refractivity contribution in [2.45, 2.75) is 91.0 Å². The van der Waals surface area contributed by atoms with E-state index in [1.165, 1.54) is 6.07 Å². The number of ether oxygens (including phenoxy) is 1. The van der Waals surface area contributed by atoms with Crippen LogP contribution in [0.4, 0.5) is 0 Å². The molecule has 1 saturated carbocycles. The molecule has 0 aliphatic heterocycles. The average molecular weight is 511 g/mol. The molecule has 1 amide bonds. The molecule has 2 aromatic rings. The zero-order chi connectivity index (χ0) is 27.1. The van der Waals surface area contributed by atoms with E-state index in [1.54, 1.807) is 18.0 Å². The third-order valence-corrected chi connectivity index (χ3v) is 6.88. The molecule has 0 saturated heterocycles. The monoisotopic (exact) mass is 510 g/mol. The Morgan fingerprint density at radius 3 is 2.35 bits per heavy atom. The van der Waals surface area contributed by atoms with Crippen LogP contribution in [0, 0.1) is 5.92 Å². The zero-order valence-corrected chi connectivity index (χ0v) is 22.8. The highest BCUT2D eigenvalue weighted by Gasteiger charge is 2.26. The summed E-state index contributed by atoms with van der Waals surface area (Å²) in [5, 5.41) is 23.8. The maximum Gasteiger partial charge on any atom is 0.323 e. The van der Waals surface area contributed by atoms with Crippen LogP contribution in [-0.4, -0.2) is 46.2 Å². The van der Waals surface area contributed by atoms with Crippen molar-refractivity contribution in [2.75, 3.05) is 7.05 Å². The van der Waals surface area contributed by atoms with Gasteiger partial charge in [-0.2, -0.15) is 0 Å². The SMILES string of the molecule is CC(C)CC(NCc1cccc(CN(C)C(=O)c2cc(C(C)C)c(O)cc2O)c1)C(=O)OC1CCCC1. The minimum absolute atomic E-state index is 0.0107. The van der Waals surface area contributed by atoms with Gasteiger partial charge in [0.1, 0.15) is 23.6 Å². The first kappa shape index (κ1) is 28.5. The highest BCUT2D eigenvalue weighted by atomic mass is 16.5. The van der Waals surface area contributed by atoms with Gasteiger partial charge in [-0.3, -0.25) is 9.59 Å². The predicted molar refractivity (Wildman–Crippen MR) is 145 cm³/mol. The molecule has 0 bridgehead atoms. The van der Waals surface area contributed by atoms with Gasteiger partial charge in [0, 0.05) is 26.2 Å². The Morgan fingerprint density at radius 1 is 1.03 bits per heavy atom. The van der Waals surface area contributed by atoms with Crippen LogP contribution in [0.25, 0.3) is 0 Å². The van der Waals surface area contributed by atoms with E-state index in [4.69, 9.17) is 4.74 Å². The Balaban J connectivity index is 1.65. The van der Waals surface area contributed by atoms with E-state index < -0.39 is 0 Å². The number of phenolic OH excluding ortho intramolecular Hbond substituents is 2. The van der Waals surface area contributed by atoms with Gasteiger partial charge in [-0.1, -0.05) is 52.0 Å². The first-order chi connectivity index (χ1) is 17.5. The highest BCUT2D eigenvalue weighted by Crippen LogP contribution is 2.33. The molecule has 3 N–H and O–H groups in total. The Hall–Kier alpha value is -3.06. The standard InChI is InChI=1S/C30H42N2O5/c1-19(2)13-26(30(36)37-23-11-6-7-12-23)31-17-21-9-8-10-22(14-21)18-32(5)29(35)25-15-24(20(3)4)27(33)16-28(25)34/h8-10,14-16,19-20,23,26,31,33-34H,6-7,11-13,17-18H2,1-5H3. The molecule has 0 spiro atoms. The van der Waals surface area contributed by atoms with E-state index in [-0.39, 0.29) is 47.0 Å². The molecule has 0 aromatic heterocycles. The lowest BCUT2D eigenvalue weighted by molar-refractivity contribution is -0.151. The summed E-state index contributed by atoms with van der Waals surface area (Å²) in [6.07, 6.45) is 4.90. The fourth-order valence-electron chi connectivity index (χ4n) is 4.84. The van der Waals surface area contributed by atoms with Crippen molar-refractivity contribution in [1.82, 2.24) is 10.2 Å². The maximum atomic E-state index is 13.1. The molecular formula is C30H42N2O5. The van der Waals surface area contributed by atoms with Crippen LogP contribution >= 0.6 is 0 Å². The second-order valence-electron chi connectivity index (χ2n) is 11.0. The fourth-order valence-corrected chi connectivity index (χ4v) is 4.84. The molecule has 1 unspecified atom stereocenters. The normalized spacial score (nSPS) is 14.8. The number of phenols is 2. The van der Waals surface area contributed by atoms with Crippen LogP contribution in [0.1, 0.15) is 92.8 Å². The smallest absolute Gasteiger partial charge is 0.323 e. The Kier molecular flexibility index (Phi) is 9.98. The molecule has 0 radical (unpaired) electrons. The summed E-state index contributed by atoms with van der Waals surface area (Å²) in [6.45, 7) is 8.90. The maximum absolute atomic E-state index is 13.1. The first-order valence-electron chi connectivity index (χ1n) is 13.4. The van der Waals surface area contributed by atoms with Gasteiger partial charge in [-0.05, 0) is 66.7 Å². The number of hydrogen-bond acceptors (Lipinski definition) is 6. The summed E-state index contributed by atoms with van der Waals surface area (Å²) in [5.74, 6) is -0.387. The molecule has 7 nitrogen and oxygen atoms in total.